The van der Waals surface area contributed by atoms with Crippen LogP contribution in [0, 0.1) is 0 Å². The van der Waals surface area contributed by atoms with Gasteiger partial charge >= 0.3 is 0 Å². The number of sulfone groups is 1. The summed E-state index contributed by atoms with van der Waals surface area (Å²) in [4.78, 5) is 37.5. The predicted octanol–water partition coefficient (Wildman–Crippen LogP) is 5.31. The number of nitrogens with zero attached hydrogens (tertiary/aromatic N) is 4. The summed E-state index contributed by atoms with van der Waals surface area (Å²) in [5.74, 6) is -0.574. The maximum atomic E-state index is 13.8. The number of likely N-dealkylation sites (tertiary alicyclic amines) is 1. The van der Waals surface area contributed by atoms with Crippen LogP contribution in [0.1, 0.15) is 40.0 Å². The summed E-state index contributed by atoms with van der Waals surface area (Å²) in [6.45, 7) is 3.43. The summed E-state index contributed by atoms with van der Waals surface area (Å²) in [6, 6.07) is 18.3. The van der Waals surface area contributed by atoms with Crippen LogP contribution in [0.15, 0.2) is 88.9 Å². The number of piperidine rings is 1. The number of hydrogen-bond donors (Lipinski definition) is 0. The van der Waals surface area contributed by atoms with Crippen molar-refractivity contribution in [3.63, 3.8) is 0 Å². The van der Waals surface area contributed by atoms with Crippen molar-refractivity contribution < 1.29 is 18.0 Å². The molecule has 216 valence electrons. The summed E-state index contributed by atoms with van der Waals surface area (Å²) in [5.41, 5.74) is 1.41. The lowest BCUT2D eigenvalue weighted by atomic mass is 10.0. The van der Waals surface area contributed by atoms with E-state index in [9.17, 15) is 18.0 Å². The minimum atomic E-state index is -3.97. The third-order valence-electron chi connectivity index (χ3n) is 8.08. The van der Waals surface area contributed by atoms with Crippen molar-refractivity contribution in [3.8, 4) is 0 Å². The molecule has 2 aliphatic heterocycles. The minimum Gasteiger partial charge on any atom is -0.368 e. The zero-order chi connectivity index (χ0) is 29.3. The average Bonchev–Trinajstić information content (AvgIpc) is 3.04. The van der Waals surface area contributed by atoms with Crippen LogP contribution < -0.4 is 4.90 Å². The number of fused-ring (bicyclic) bond motifs is 1. The predicted molar refractivity (Wildman–Crippen MR) is 163 cm³/mol. The number of carbonyl (C=O) groups is 2. The molecule has 1 aromatic heterocycles. The Labute approximate surface area is 250 Å². The number of amides is 2. The van der Waals surface area contributed by atoms with Crippen molar-refractivity contribution in [2.45, 2.75) is 29.1 Å². The van der Waals surface area contributed by atoms with Crippen LogP contribution in [0.25, 0.3) is 10.8 Å². The fourth-order valence-corrected chi connectivity index (χ4v) is 7.21. The van der Waals surface area contributed by atoms with Crippen molar-refractivity contribution in [2.24, 2.45) is 0 Å². The first-order valence-corrected chi connectivity index (χ1v) is 16.0. The molecule has 2 aliphatic rings. The van der Waals surface area contributed by atoms with Crippen LogP contribution in [-0.4, -0.2) is 74.3 Å². The van der Waals surface area contributed by atoms with Crippen molar-refractivity contribution in [2.75, 3.05) is 44.2 Å². The van der Waals surface area contributed by atoms with Crippen LogP contribution in [0.3, 0.4) is 0 Å². The number of aromatic nitrogens is 1. The number of carbonyl (C=O) groups excluding carboxylic acids is 2. The zero-order valence-corrected chi connectivity index (χ0v) is 24.7. The molecule has 2 fully saturated rings. The highest BCUT2D eigenvalue weighted by atomic mass is 35.5. The van der Waals surface area contributed by atoms with Crippen LogP contribution >= 0.6 is 11.6 Å². The standard InChI is InChI=1S/C32H31ClN4O4S/c33-25-6-4-24-21-27(7-5-23(24)20-25)42(40,41)28-8-9-29(30(22-28)32(39)36-14-2-1-3-15-36)31(38)37-18-16-35(17-19-37)26-10-12-34-13-11-26/h4-13,20-22H,1-3,14-19H2. The lowest BCUT2D eigenvalue weighted by Crippen LogP contribution is -2.49. The van der Waals surface area contributed by atoms with E-state index >= 15 is 0 Å². The van der Waals surface area contributed by atoms with Gasteiger partial charge in [-0.15, -0.1) is 0 Å². The fourth-order valence-electron chi connectivity index (χ4n) is 5.71. The van der Waals surface area contributed by atoms with E-state index in [1.54, 1.807) is 58.6 Å². The van der Waals surface area contributed by atoms with Crippen molar-refractivity contribution in [1.29, 1.82) is 0 Å². The highest BCUT2D eigenvalue weighted by Gasteiger charge is 2.30. The molecule has 0 bridgehead atoms. The molecule has 0 radical (unpaired) electrons. The number of anilines is 1. The summed E-state index contributed by atoms with van der Waals surface area (Å²) in [5, 5.41) is 2.13. The van der Waals surface area contributed by atoms with Crippen LogP contribution in [-0.2, 0) is 9.84 Å². The lowest BCUT2D eigenvalue weighted by Gasteiger charge is -2.36. The molecule has 0 unspecified atom stereocenters. The number of benzene rings is 3. The second-order valence-corrected chi connectivity index (χ2v) is 13.1. The normalized spacial score (nSPS) is 16.1. The van der Waals surface area contributed by atoms with Gasteiger partial charge in [0.25, 0.3) is 11.8 Å². The Morgan fingerprint density at radius 3 is 1.98 bits per heavy atom. The third-order valence-corrected chi connectivity index (χ3v) is 10.1. The van der Waals surface area contributed by atoms with Gasteiger partial charge in [-0.3, -0.25) is 14.6 Å². The topological polar surface area (TPSA) is 90.9 Å². The molecule has 0 N–H and O–H groups in total. The molecule has 2 saturated heterocycles. The van der Waals surface area contributed by atoms with E-state index < -0.39 is 9.84 Å². The smallest absolute Gasteiger partial charge is 0.254 e. The van der Waals surface area contributed by atoms with E-state index in [1.165, 1.54) is 18.2 Å². The third kappa shape index (κ3) is 5.58. The van der Waals surface area contributed by atoms with Gasteiger partial charge in [-0.2, -0.15) is 0 Å². The minimum absolute atomic E-state index is 0.0183. The van der Waals surface area contributed by atoms with Crippen molar-refractivity contribution in [1.82, 2.24) is 14.8 Å². The molecule has 3 aromatic carbocycles. The monoisotopic (exact) mass is 602 g/mol. The van der Waals surface area contributed by atoms with Gasteiger partial charge in [0.15, 0.2) is 0 Å². The molecular formula is C32H31ClN4O4S. The van der Waals surface area contributed by atoms with Crippen LogP contribution in [0.2, 0.25) is 5.02 Å². The number of piperazine rings is 1. The summed E-state index contributed by atoms with van der Waals surface area (Å²) >= 11 is 6.10. The van der Waals surface area contributed by atoms with Gasteiger partial charge in [0, 0.05) is 62.4 Å². The van der Waals surface area contributed by atoms with Crippen LogP contribution in [0.5, 0.6) is 0 Å². The summed E-state index contributed by atoms with van der Waals surface area (Å²) in [7, 11) is -3.97. The SMILES string of the molecule is O=C(c1cc(S(=O)(=O)c2ccc3cc(Cl)ccc3c2)ccc1C(=O)N1CCN(c2ccncc2)CC1)N1CCCCC1. The Hall–Kier alpha value is -3.95. The number of hydrogen-bond acceptors (Lipinski definition) is 6. The average molecular weight is 603 g/mol. The van der Waals surface area contributed by atoms with E-state index in [-0.39, 0.29) is 32.7 Å². The van der Waals surface area contributed by atoms with E-state index in [4.69, 9.17) is 11.6 Å². The van der Waals surface area contributed by atoms with Gasteiger partial charge in [-0.25, -0.2) is 8.42 Å². The largest absolute Gasteiger partial charge is 0.368 e. The second kappa shape index (κ2) is 11.7. The molecule has 2 amide bonds. The Balaban J connectivity index is 1.32. The quantitative estimate of drug-likeness (QED) is 0.308. The number of pyridine rings is 1. The van der Waals surface area contributed by atoms with Gasteiger partial charge < -0.3 is 14.7 Å². The summed E-state index contributed by atoms with van der Waals surface area (Å²) in [6.07, 6.45) is 6.29. The molecule has 8 nitrogen and oxygen atoms in total. The molecule has 0 atom stereocenters. The van der Waals surface area contributed by atoms with Gasteiger partial charge in [0.2, 0.25) is 9.84 Å². The first kappa shape index (κ1) is 28.2. The maximum Gasteiger partial charge on any atom is 0.254 e. The van der Waals surface area contributed by atoms with Crippen molar-refractivity contribution in [3.05, 3.63) is 95.3 Å². The van der Waals surface area contributed by atoms with Gasteiger partial charge in [-0.05, 0) is 84.6 Å². The number of halogens is 1. The zero-order valence-electron chi connectivity index (χ0n) is 23.1. The molecule has 4 aromatic rings. The van der Waals surface area contributed by atoms with Gasteiger partial charge in [0.05, 0.1) is 20.9 Å². The number of rotatable bonds is 5. The molecule has 0 aliphatic carbocycles. The highest BCUT2D eigenvalue weighted by Crippen LogP contribution is 2.29. The van der Waals surface area contributed by atoms with E-state index in [2.05, 4.69) is 9.88 Å². The van der Waals surface area contributed by atoms with E-state index in [1.807, 2.05) is 12.1 Å². The second-order valence-electron chi connectivity index (χ2n) is 10.7. The highest BCUT2D eigenvalue weighted by molar-refractivity contribution is 7.91. The molecule has 3 heterocycles. The Morgan fingerprint density at radius 1 is 0.643 bits per heavy atom. The maximum absolute atomic E-state index is 13.8. The molecule has 0 spiro atoms. The molecular weight excluding hydrogens is 572 g/mol. The van der Waals surface area contributed by atoms with Gasteiger partial charge in [0.1, 0.15) is 0 Å². The van der Waals surface area contributed by atoms with E-state index in [0.29, 0.717) is 44.3 Å². The summed E-state index contributed by atoms with van der Waals surface area (Å²) < 4.78 is 27.6. The fraction of sp³-hybridized carbons (Fsp3) is 0.281. The van der Waals surface area contributed by atoms with Crippen molar-refractivity contribution >= 4 is 49.7 Å². The van der Waals surface area contributed by atoms with Gasteiger partial charge in [-0.1, -0.05) is 23.7 Å². The Bertz CT molecular complexity index is 1750. The first-order valence-electron chi connectivity index (χ1n) is 14.1. The first-order chi connectivity index (χ1) is 20.3. The Kier molecular flexibility index (Phi) is 7.88. The molecule has 10 heteroatoms. The Morgan fingerprint density at radius 2 is 1.24 bits per heavy atom. The lowest BCUT2D eigenvalue weighted by molar-refractivity contribution is 0.0694. The molecule has 42 heavy (non-hydrogen) atoms. The molecule has 0 saturated carbocycles. The van der Waals surface area contributed by atoms with E-state index in [0.717, 1.165) is 35.7 Å². The van der Waals surface area contributed by atoms with Crippen LogP contribution in [0.4, 0.5) is 5.69 Å². The molecule has 6 rings (SSSR count).